The van der Waals surface area contributed by atoms with Gasteiger partial charge in [-0.1, -0.05) is 57.2 Å². The summed E-state index contributed by atoms with van der Waals surface area (Å²) in [4.78, 5) is 0. The summed E-state index contributed by atoms with van der Waals surface area (Å²) < 4.78 is 0. The SMILES string of the molecule is CCCCCCCCc1ccc2c(c1)CC[C@@H]([C@](C)(N)CO)CC2. The van der Waals surface area contributed by atoms with Gasteiger partial charge >= 0.3 is 0 Å². The predicted octanol–water partition coefficient (Wildman–Crippen LogP) is 4.79. The van der Waals surface area contributed by atoms with Crippen LogP contribution in [0.3, 0.4) is 0 Å². The molecule has 1 aliphatic carbocycles. The highest BCUT2D eigenvalue weighted by atomic mass is 16.3. The summed E-state index contributed by atoms with van der Waals surface area (Å²) >= 11 is 0. The number of aliphatic hydroxyl groups is 1. The lowest BCUT2D eigenvalue weighted by molar-refractivity contribution is 0.144. The monoisotopic (exact) mass is 331 g/mol. The molecule has 0 fully saturated rings. The lowest BCUT2D eigenvalue weighted by Gasteiger charge is -2.31. The van der Waals surface area contributed by atoms with Gasteiger partial charge < -0.3 is 10.8 Å². The van der Waals surface area contributed by atoms with Crippen molar-refractivity contribution in [3.8, 4) is 0 Å². The van der Waals surface area contributed by atoms with Crippen LogP contribution in [0.25, 0.3) is 0 Å². The van der Waals surface area contributed by atoms with E-state index in [4.69, 9.17) is 5.73 Å². The molecular weight excluding hydrogens is 294 g/mol. The number of hydrogen-bond acceptors (Lipinski definition) is 2. The molecule has 136 valence electrons. The van der Waals surface area contributed by atoms with Crippen LogP contribution in [-0.4, -0.2) is 17.3 Å². The van der Waals surface area contributed by atoms with Crippen LogP contribution in [0.2, 0.25) is 0 Å². The topological polar surface area (TPSA) is 46.2 Å². The third-order valence-electron chi connectivity index (χ3n) is 5.89. The second-order valence-corrected chi connectivity index (χ2v) is 8.06. The Hall–Kier alpha value is -0.860. The van der Waals surface area contributed by atoms with Gasteiger partial charge in [0.15, 0.2) is 0 Å². The Balaban J connectivity index is 1.86. The molecular formula is C22H37NO. The molecule has 0 heterocycles. The van der Waals surface area contributed by atoms with E-state index in [-0.39, 0.29) is 6.61 Å². The minimum atomic E-state index is -0.441. The molecule has 0 radical (unpaired) electrons. The molecule has 2 nitrogen and oxygen atoms in total. The van der Waals surface area contributed by atoms with Crippen LogP contribution in [-0.2, 0) is 19.3 Å². The molecule has 0 spiro atoms. The van der Waals surface area contributed by atoms with E-state index < -0.39 is 5.54 Å². The van der Waals surface area contributed by atoms with Crippen LogP contribution in [0, 0.1) is 5.92 Å². The molecule has 2 rings (SSSR count). The minimum absolute atomic E-state index is 0.0806. The third kappa shape index (κ3) is 5.60. The number of benzene rings is 1. The van der Waals surface area contributed by atoms with Crippen LogP contribution in [0.15, 0.2) is 18.2 Å². The highest BCUT2D eigenvalue weighted by Crippen LogP contribution is 2.31. The van der Waals surface area contributed by atoms with Crippen molar-refractivity contribution in [1.82, 2.24) is 0 Å². The highest BCUT2D eigenvalue weighted by molar-refractivity contribution is 5.33. The first-order chi connectivity index (χ1) is 11.6. The van der Waals surface area contributed by atoms with Crippen molar-refractivity contribution in [2.45, 2.75) is 90.0 Å². The van der Waals surface area contributed by atoms with Gasteiger partial charge in [0.1, 0.15) is 0 Å². The summed E-state index contributed by atoms with van der Waals surface area (Å²) in [5.74, 6) is 0.414. The van der Waals surface area contributed by atoms with E-state index in [1.54, 1.807) is 0 Å². The van der Waals surface area contributed by atoms with E-state index in [2.05, 4.69) is 25.1 Å². The molecule has 0 amide bonds. The van der Waals surface area contributed by atoms with Gasteiger partial charge in [-0.25, -0.2) is 0 Å². The zero-order valence-electron chi connectivity index (χ0n) is 15.8. The molecule has 3 N–H and O–H groups in total. The minimum Gasteiger partial charge on any atom is -0.394 e. The van der Waals surface area contributed by atoms with E-state index in [1.165, 1.54) is 61.6 Å². The number of nitrogens with two attached hydrogens (primary N) is 1. The lowest BCUT2D eigenvalue weighted by atomic mass is 9.81. The summed E-state index contributed by atoms with van der Waals surface area (Å²) in [6, 6.07) is 7.12. The smallest absolute Gasteiger partial charge is 0.0611 e. The first kappa shape index (κ1) is 19.5. The van der Waals surface area contributed by atoms with Crippen molar-refractivity contribution < 1.29 is 5.11 Å². The Labute approximate surface area is 148 Å². The zero-order valence-corrected chi connectivity index (χ0v) is 15.8. The fraction of sp³-hybridized carbons (Fsp3) is 0.727. The zero-order chi connectivity index (χ0) is 17.4. The Bertz CT molecular complexity index is 495. The Morgan fingerprint density at radius 3 is 2.42 bits per heavy atom. The highest BCUT2D eigenvalue weighted by Gasteiger charge is 2.30. The average Bonchev–Trinajstić information content (AvgIpc) is 2.80. The van der Waals surface area contributed by atoms with Crippen molar-refractivity contribution >= 4 is 0 Å². The Morgan fingerprint density at radius 1 is 1.04 bits per heavy atom. The maximum absolute atomic E-state index is 9.55. The van der Waals surface area contributed by atoms with E-state index in [9.17, 15) is 5.11 Å². The van der Waals surface area contributed by atoms with Gasteiger partial charge in [-0.05, 0) is 68.1 Å². The van der Waals surface area contributed by atoms with Crippen molar-refractivity contribution in [1.29, 1.82) is 0 Å². The molecule has 0 saturated heterocycles. The third-order valence-corrected chi connectivity index (χ3v) is 5.89. The lowest BCUT2D eigenvalue weighted by Crippen LogP contribution is -2.47. The molecule has 0 bridgehead atoms. The van der Waals surface area contributed by atoms with E-state index in [1.807, 2.05) is 6.92 Å². The average molecular weight is 332 g/mol. The van der Waals surface area contributed by atoms with E-state index in [0.717, 1.165) is 25.7 Å². The number of unbranched alkanes of at least 4 members (excludes halogenated alkanes) is 5. The van der Waals surface area contributed by atoms with Crippen LogP contribution in [0.5, 0.6) is 0 Å². The van der Waals surface area contributed by atoms with Crippen LogP contribution in [0.1, 0.15) is 81.9 Å². The van der Waals surface area contributed by atoms with Crippen molar-refractivity contribution in [2.24, 2.45) is 11.7 Å². The summed E-state index contributed by atoms with van der Waals surface area (Å²) in [7, 11) is 0. The van der Waals surface area contributed by atoms with Crippen LogP contribution in [0.4, 0.5) is 0 Å². The van der Waals surface area contributed by atoms with Crippen LogP contribution < -0.4 is 5.73 Å². The summed E-state index contributed by atoms with van der Waals surface area (Å²) in [5.41, 5.74) is 10.4. The van der Waals surface area contributed by atoms with Crippen molar-refractivity contribution in [2.75, 3.05) is 6.61 Å². The molecule has 2 atom stereocenters. The summed E-state index contributed by atoms with van der Waals surface area (Å²) in [5, 5.41) is 9.55. The fourth-order valence-corrected chi connectivity index (χ4v) is 4.01. The Morgan fingerprint density at radius 2 is 1.71 bits per heavy atom. The van der Waals surface area contributed by atoms with Crippen molar-refractivity contribution in [3.05, 3.63) is 34.9 Å². The summed E-state index contributed by atoms with van der Waals surface area (Å²) in [6.07, 6.45) is 13.8. The molecule has 0 aliphatic heterocycles. The molecule has 0 saturated carbocycles. The number of fused-ring (bicyclic) bond motifs is 1. The molecule has 1 aromatic rings. The Kier molecular flexibility index (Phi) is 7.77. The molecule has 1 aromatic carbocycles. The molecule has 0 aromatic heterocycles. The van der Waals surface area contributed by atoms with Gasteiger partial charge in [-0.3, -0.25) is 0 Å². The van der Waals surface area contributed by atoms with Gasteiger partial charge in [-0.15, -0.1) is 0 Å². The maximum Gasteiger partial charge on any atom is 0.0611 e. The summed E-state index contributed by atoms with van der Waals surface area (Å²) in [6.45, 7) is 4.35. The van der Waals surface area contributed by atoms with Gasteiger partial charge in [0.05, 0.1) is 6.61 Å². The molecule has 1 aliphatic rings. The van der Waals surface area contributed by atoms with Crippen molar-refractivity contribution in [3.63, 3.8) is 0 Å². The normalized spacial score (nSPS) is 20.2. The van der Waals surface area contributed by atoms with Gasteiger partial charge in [-0.2, -0.15) is 0 Å². The van der Waals surface area contributed by atoms with Crippen LogP contribution >= 0.6 is 0 Å². The number of aliphatic hydroxyl groups excluding tert-OH is 1. The second kappa shape index (κ2) is 9.58. The first-order valence-corrected chi connectivity index (χ1v) is 10.1. The standard InChI is InChI=1S/C22H37NO/c1-3-4-5-6-7-8-9-18-10-11-19-12-14-21(22(2,23)17-24)15-13-20(19)16-18/h10-11,16,21,24H,3-9,12-15,17,23H2,1-2H3/t21-,22+/m0/s1. The largest absolute Gasteiger partial charge is 0.394 e. The second-order valence-electron chi connectivity index (χ2n) is 8.06. The first-order valence-electron chi connectivity index (χ1n) is 10.1. The van der Waals surface area contributed by atoms with Gasteiger partial charge in [0, 0.05) is 5.54 Å². The van der Waals surface area contributed by atoms with Gasteiger partial charge in [0.2, 0.25) is 0 Å². The fourth-order valence-electron chi connectivity index (χ4n) is 4.01. The molecule has 24 heavy (non-hydrogen) atoms. The van der Waals surface area contributed by atoms with Gasteiger partial charge in [0.25, 0.3) is 0 Å². The molecule has 0 unspecified atom stereocenters. The number of aryl methyl sites for hydroxylation is 3. The predicted molar refractivity (Wildman–Crippen MR) is 103 cm³/mol. The molecule has 2 heteroatoms. The maximum atomic E-state index is 9.55. The van der Waals surface area contributed by atoms with E-state index >= 15 is 0 Å². The number of hydrogen-bond donors (Lipinski definition) is 2. The quantitative estimate of drug-likeness (QED) is 0.504. The number of rotatable bonds is 9. The van der Waals surface area contributed by atoms with E-state index in [0.29, 0.717) is 5.92 Å².